The quantitative estimate of drug-likeness (QED) is 0.388. The molecular weight excluding hydrogens is 490 g/mol. The molecule has 1 N–H and O–H groups in total. The number of aromatic amines is 1. The van der Waals surface area contributed by atoms with E-state index in [-0.39, 0.29) is 17.6 Å². The number of carbonyl (C=O) groups excluding carboxylic acids is 1. The number of benzene rings is 1. The summed E-state index contributed by atoms with van der Waals surface area (Å²) in [5, 5.41) is 13.5. The van der Waals surface area contributed by atoms with E-state index < -0.39 is 6.04 Å². The summed E-state index contributed by atoms with van der Waals surface area (Å²) < 4.78 is 18.3. The molecule has 2 aliphatic heterocycles. The molecule has 0 radical (unpaired) electrons. The maximum absolute atomic E-state index is 13.5. The first-order chi connectivity index (χ1) is 18.6. The van der Waals surface area contributed by atoms with Crippen molar-refractivity contribution in [3.63, 3.8) is 0 Å². The Morgan fingerprint density at radius 1 is 1.21 bits per heavy atom. The van der Waals surface area contributed by atoms with Crippen LogP contribution in [-0.4, -0.2) is 86.9 Å². The van der Waals surface area contributed by atoms with Gasteiger partial charge in [-0.15, -0.1) is 5.10 Å². The third kappa shape index (κ3) is 4.68. The summed E-state index contributed by atoms with van der Waals surface area (Å²) >= 11 is 0. The second-order valence-corrected chi connectivity index (χ2v) is 9.57. The molecule has 3 aromatic heterocycles. The van der Waals surface area contributed by atoms with Crippen LogP contribution in [-0.2, 0) is 11.3 Å². The van der Waals surface area contributed by atoms with Gasteiger partial charge in [-0.2, -0.15) is 0 Å². The first kappa shape index (κ1) is 24.3. The Kier molecular flexibility index (Phi) is 6.64. The van der Waals surface area contributed by atoms with Crippen LogP contribution in [0.2, 0.25) is 0 Å². The van der Waals surface area contributed by atoms with Crippen molar-refractivity contribution in [2.45, 2.75) is 31.5 Å². The molecule has 0 spiro atoms. The van der Waals surface area contributed by atoms with Crippen LogP contribution in [0.4, 0.5) is 0 Å². The number of piperazine rings is 1. The van der Waals surface area contributed by atoms with E-state index in [0.29, 0.717) is 61.1 Å². The number of nitrogens with zero attached hydrogens (tertiary/aromatic N) is 6. The van der Waals surface area contributed by atoms with E-state index >= 15 is 0 Å². The van der Waals surface area contributed by atoms with E-state index in [4.69, 9.17) is 13.9 Å². The van der Waals surface area contributed by atoms with Gasteiger partial charge in [0.25, 0.3) is 11.5 Å². The van der Waals surface area contributed by atoms with Crippen LogP contribution in [0, 0.1) is 0 Å². The minimum Gasteiger partial charge on any atom is -0.497 e. The highest BCUT2D eigenvalue weighted by molar-refractivity contribution is 5.91. The fourth-order valence-electron chi connectivity index (χ4n) is 5.29. The molecule has 2 saturated heterocycles. The molecule has 12 heteroatoms. The number of rotatable bonds is 7. The van der Waals surface area contributed by atoms with Crippen LogP contribution in [0.25, 0.3) is 10.9 Å². The molecule has 4 aromatic rings. The number of hydrogen-bond acceptors (Lipinski definition) is 9. The zero-order valence-electron chi connectivity index (χ0n) is 21.1. The van der Waals surface area contributed by atoms with Gasteiger partial charge < -0.3 is 23.8 Å². The Morgan fingerprint density at radius 2 is 2.08 bits per heavy atom. The third-order valence-corrected chi connectivity index (χ3v) is 7.28. The molecule has 0 saturated carbocycles. The number of furan rings is 1. The predicted molar refractivity (Wildman–Crippen MR) is 136 cm³/mol. The van der Waals surface area contributed by atoms with E-state index in [1.54, 1.807) is 28.8 Å². The zero-order valence-corrected chi connectivity index (χ0v) is 21.1. The van der Waals surface area contributed by atoms with Gasteiger partial charge in [0.15, 0.2) is 11.6 Å². The van der Waals surface area contributed by atoms with E-state index in [0.717, 1.165) is 24.8 Å². The molecule has 1 amide bonds. The Hall–Kier alpha value is -4.03. The molecule has 0 aliphatic carbocycles. The molecular formula is C26H29N7O5. The molecule has 6 rings (SSSR count). The number of carbonyl (C=O) groups is 1. The highest BCUT2D eigenvalue weighted by Crippen LogP contribution is 2.29. The molecule has 2 aliphatic rings. The minimum atomic E-state index is -0.522. The largest absolute Gasteiger partial charge is 0.497 e. The number of ether oxygens (including phenoxy) is 2. The normalized spacial score (nSPS) is 19.2. The van der Waals surface area contributed by atoms with Crippen molar-refractivity contribution >= 4 is 16.8 Å². The van der Waals surface area contributed by atoms with Gasteiger partial charge >= 0.3 is 0 Å². The van der Waals surface area contributed by atoms with Crippen molar-refractivity contribution in [2.24, 2.45) is 0 Å². The molecule has 12 nitrogen and oxygen atoms in total. The SMILES string of the molecule is COc1ccc2[nH]c(=O)c(C(c3nnnn3CC3CCCO3)N3CCN(C(=O)c4ccco4)CC3)cc2c1. The number of fused-ring (bicyclic) bond motifs is 1. The fourth-order valence-corrected chi connectivity index (χ4v) is 5.29. The van der Waals surface area contributed by atoms with Crippen LogP contribution >= 0.6 is 0 Å². The summed E-state index contributed by atoms with van der Waals surface area (Å²) in [4.78, 5) is 33.2. The zero-order chi connectivity index (χ0) is 26.1. The van der Waals surface area contributed by atoms with Crippen molar-refractivity contribution in [2.75, 3.05) is 39.9 Å². The number of amides is 1. The number of pyridine rings is 1. The van der Waals surface area contributed by atoms with Gasteiger partial charge in [-0.1, -0.05) is 0 Å². The summed E-state index contributed by atoms with van der Waals surface area (Å²) in [5.74, 6) is 1.43. The van der Waals surface area contributed by atoms with Crippen molar-refractivity contribution < 1.29 is 18.7 Å². The summed E-state index contributed by atoms with van der Waals surface area (Å²) in [6, 6.07) is 10.3. The van der Waals surface area contributed by atoms with E-state index in [9.17, 15) is 9.59 Å². The molecule has 38 heavy (non-hydrogen) atoms. The monoisotopic (exact) mass is 519 g/mol. The first-order valence-electron chi connectivity index (χ1n) is 12.8. The summed E-state index contributed by atoms with van der Waals surface area (Å²) in [6.07, 6.45) is 3.46. The van der Waals surface area contributed by atoms with Crippen LogP contribution in [0.5, 0.6) is 5.75 Å². The van der Waals surface area contributed by atoms with E-state index in [2.05, 4.69) is 25.4 Å². The van der Waals surface area contributed by atoms with E-state index in [1.807, 2.05) is 24.3 Å². The van der Waals surface area contributed by atoms with Gasteiger partial charge in [0.2, 0.25) is 0 Å². The second kappa shape index (κ2) is 10.4. The number of aromatic nitrogens is 5. The highest BCUT2D eigenvalue weighted by atomic mass is 16.5. The molecule has 198 valence electrons. The lowest BCUT2D eigenvalue weighted by molar-refractivity contribution is 0.0550. The molecule has 5 heterocycles. The van der Waals surface area contributed by atoms with Gasteiger partial charge in [0, 0.05) is 49.3 Å². The molecule has 2 unspecified atom stereocenters. The maximum Gasteiger partial charge on any atom is 0.289 e. The number of tetrazole rings is 1. The smallest absolute Gasteiger partial charge is 0.289 e. The Labute approximate surface area is 218 Å². The summed E-state index contributed by atoms with van der Waals surface area (Å²) in [7, 11) is 1.61. The van der Waals surface area contributed by atoms with Crippen LogP contribution in [0.1, 0.15) is 40.8 Å². The van der Waals surface area contributed by atoms with E-state index in [1.165, 1.54) is 6.26 Å². The average molecular weight is 520 g/mol. The average Bonchev–Trinajstić information content (AvgIpc) is 3.74. The summed E-state index contributed by atoms with van der Waals surface area (Å²) in [6.45, 7) is 3.24. The lowest BCUT2D eigenvalue weighted by atomic mass is 10.0. The Morgan fingerprint density at radius 3 is 2.82 bits per heavy atom. The lowest BCUT2D eigenvalue weighted by Gasteiger charge is -2.38. The fraction of sp³-hybridized carbons (Fsp3) is 0.423. The van der Waals surface area contributed by atoms with Crippen LogP contribution in [0.3, 0.4) is 0 Å². The van der Waals surface area contributed by atoms with Crippen molar-refractivity contribution in [1.29, 1.82) is 0 Å². The van der Waals surface area contributed by atoms with Crippen molar-refractivity contribution in [3.05, 3.63) is 70.2 Å². The van der Waals surface area contributed by atoms with Gasteiger partial charge in [-0.3, -0.25) is 14.5 Å². The standard InChI is InChI=1S/C26H29N7O5/c1-36-18-6-7-21-17(14-18)15-20(25(34)27-21)23(24-28-29-30-33(24)16-19-4-2-12-37-19)31-8-10-32(11-9-31)26(35)22-5-3-13-38-22/h3,5-7,13-15,19,23H,2,4,8-12,16H2,1H3,(H,27,34). The molecule has 2 fully saturated rings. The highest BCUT2D eigenvalue weighted by Gasteiger charge is 2.34. The Balaban J connectivity index is 1.36. The van der Waals surface area contributed by atoms with Gasteiger partial charge in [0.1, 0.15) is 11.8 Å². The minimum absolute atomic E-state index is 0.0276. The number of H-pyrrole nitrogens is 1. The topological polar surface area (TPSA) is 132 Å². The summed E-state index contributed by atoms with van der Waals surface area (Å²) in [5.41, 5.74) is 1.03. The first-order valence-corrected chi connectivity index (χ1v) is 12.8. The van der Waals surface area contributed by atoms with Gasteiger partial charge in [-0.25, -0.2) is 4.68 Å². The maximum atomic E-state index is 13.5. The van der Waals surface area contributed by atoms with Gasteiger partial charge in [0.05, 0.1) is 26.0 Å². The predicted octanol–water partition coefficient (Wildman–Crippen LogP) is 1.84. The lowest BCUT2D eigenvalue weighted by Crippen LogP contribution is -2.50. The molecule has 1 aromatic carbocycles. The van der Waals surface area contributed by atoms with Crippen molar-refractivity contribution in [3.8, 4) is 5.75 Å². The Bertz CT molecular complexity index is 1470. The third-order valence-electron chi connectivity index (χ3n) is 7.28. The molecule has 2 atom stereocenters. The van der Waals surface area contributed by atoms with Crippen molar-refractivity contribution in [1.82, 2.24) is 35.0 Å². The number of hydrogen-bond donors (Lipinski definition) is 1. The number of methoxy groups -OCH3 is 1. The van der Waals surface area contributed by atoms with Crippen LogP contribution in [0.15, 0.2) is 51.9 Å². The van der Waals surface area contributed by atoms with Crippen LogP contribution < -0.4 is 10.3 Å². The number of nitrogens with one attached hydrogen (secondary N) is 1. The van der Waals surface area contributed by atoms with Gasteiger partial charge in [-0.05, 0) is 59.7 Å². The second-order valence-electron chi connectivity index (χ2n) is 9.57. The molecule has 0 bridgehead atoms.